The number of hydrogen-bond donors (Lipinski definition) is 2. The third-order valence-electron chi connectivity index (χ3n) is 5.54. The van der Waals surface area contributed by atoms with E-state index in [4.69, 9.17) is 0 Å². The fourth-order valence-corrected chi connectivity index (χ4v) is 3.96. The second kappa shape index (κ2) is 7.53. The number of hydrogen-bond acceptors (Lipinski definition) is 3. The Morgan fingerprint density at radius 2 is 1.88 bits per heavy atom. The fourth-order valence-electron chi connectivity index (χ4n) is 3.96. The van der Waals surface area contributed by atoms with Gasteiger partial charge in [-0.3, -0.25) is 4.79 Å². The zero-order valence-corrected chi connectivity index (χ0v) is 15.9. The summed E-state index contributed by atoms with van der Waals surface area (Å²) in [5, 5.41) is 20.0. The Morgan fingerprint density at radius 1 is 1.12 bits per heavy atom. The highest BCUT2D eigenvalue weighted by Crippen LogP contribution is 2.34. The van der Waals surface area contributed by atoms with Crippen molar-refractivity contribution in [1.82, 2.24) is 0 Å². The van der Waals surface area contributed by atoms with Gasteiger partial charge in [-0.1, -0.05) is 37.6 Å². The van der Waals surface area contributed by atoms with E-state index < -0.39 is 0 Å². The summed E-state index contributed by atoms with van der Waals surface area (Å²) < 4.78 is 0. The van der Waals surface area contributed by atoms with Crippen LogP contribution in [0.15, 0.2) is 30.3 Å². The first kappa shape index (κ1) is 18.5. The van der Waals surface area contributed by atoms with Crippen molar-refractivity contribution in [3.63, 3.8) is 0 Å². The van der Waals surface area contributed by atoms with E-state index in [1.165, 1.54) is 22.8 Å². The van der Waals surface area contributed by atoms with Crippen LogP contribution in [-0.2, 0) is 12.8 Å². The van der Waals surface area contributed by atoms with Crippen LogP contribution in [0, 0.1) is 12.8 Å². The summed E-state index contributed by atoms with van der Waals surface area (Å²) in [6.07, 6.45) is 4.49. The van der Waals surface area contributed by atoms with Crippen LogP contribution in [0.5, 0.6) is 11.5 Å². The van der Waals surface area contributed by atoms with Crippen molar-refractivity contribution in [3.8, 4) is 11.5 Å². The topological polar surface area (TPSA) is 57.5 Å². The lowest BCUT2D eigenvalue weighted by atomic mass is 9.80. The minimum Gasteiger partial charge on any atom is -0.508 e. The summed E-state index contributed by atoms with van der Waals surface area (Å²) in [5.41, 5.74) is 5.18. The molecule has 0 saturated heterocycles. The van der Waals surface area contributed by atoms with Crippen molar-refractivity contribution in [2.75, 3.05) is 0 Å². The quantitative estimate of drug-likeness (QED) is 0.718. The predicted molar refractivity (Wildman–Crippen MR) is 104 cm³/mol. The molecule has 1 unspecified atom stereocenters. The van der Waals surface area contributed by atoms with Gasteiger partial charge in [-0.25, -0.2) is 0 Å². The highest BCUT2D eigenvalue weighted by molar-refractivity contribution is 5.99. The molecule has 0 heterocycles. The van der Waals surface area contributed by atoms with Crippen molar-refractivity contribution < 1.29 is 15.0 Å². The molecule has 2 aromatic rings. The fraction of sp³-hybridized carbons (Fsp3) is 0.435. The van der Waals surface area contributed by atoms with Crippen LogP contribution in [-0.4, -0.2) is 16.0 Å². The van der Waals surface area contributed by atoms with Gasteiger partial charge in [0.25, 0.3) is 0 Å². The van der Waals surface area contributed by atoms with E-state index in [9.17, 15) is 15.0 Å². The minimum absolute atomic E-state index is 0.0422. The molecule has 0 spiro atoms. The highest BCUT2D eigenvalue weighted by Gasteiger charge is 2.21. The number of Topliss-reactive ketones (excluding diaryl/α,β-unsaturated/α-hetero) is 1. The van der Waals surface area contributed by atoms with Gasteiger partial charge in [0.1, 0.15) is 11.5 Å². The molecule has 3 heteroatoms. The molecule has 0 radical (unpaired) electrons. The maximum atomic E-state index is 12.7. The van der Waals surface area contributed by atoms with Crippen molar-refractivity contribution in [2.45, 2.75) is 58.8 Å². The second-order valence-corrected chi connectivity index (χ2v) is 7.93. The summed E-state index contributed by atoms with van der Waals surface area (Å²) in [4.78, 5) is 12.7. The van der Waals surface area contributed by atoms with Crippen molar-refractivity contribution in [2.24, 2.45) is 5.92 Å². The van der Waals surface area contributed by atoms with E-state index in [1.54, 1.807) is 6.07 Å². The normalized spacial score (nSPS) is 16.5. The molecule has 1 aliphatic rings. The van der Waals surface area contributed by atoms with E-state index in [0.717, 1.165) is 25.7 Å². The smallest absolute Gasteiger partial charge is 0.166 e. The molecule has 3 nitrogen and oxygen atoms in total. The molecule has 0 saturated carbocycles. The van der Waals surface area contributed by atoms with Gasteiger partial charge in [0.2, 0.25) is 0 Å². The first-order valence-electron chi connectivity index (χ1n) is 9.52. The summed E-state index contributed by atoms with van der Waals surface area (Å²) in [7, 11) is 0. The summed E-state index contributed by atoms with van der Waals surface area (Å²) in [5.74, 6) is 0.492. The van der Waals surface area contributed by atoms with Gasteiger partial charge in [-0.2, -0.15) is 0 Å². The second-order valence-electron chi connectivity index (χ2n) is 7.93. The number of phenols is 2. The average molecular weight is 352 g/mol. The van der Waals surface area contributed by atoms with Gasteiger partial charge in [0, 0.05) is 12.5 Å². The lowest BCUT2D eigenvalue weighted by Gasteiger charge is -2.25. The molecule has 1 aliphatic carbocycles. The number of fused-ring (bicyclic) bond motifs is 1. The van der Waals surface area contributed by atoms with Crippen LogP contribution in [0.3, 0.4) is 0 Å². The zero-order valence-electron chi connectivity index (χ0n) is 15.9. The minimum atomic E-state index is -0.124. The Morgan fingerprint density at radius 3 is 2.62 bits per heavy atom. The molecular formula is C23H28O3. The first-order chi connectivity index (χ1) is 12.3. The Balaban J connectivity index is 1.67. The number of benzene rings is 2. The summed E-state index contributed by atoms with van der Waals surface area (Å²) in [6, 6.07) is 9.61. The van der Waals surface area contributed by atoms with Gasteiger partial charge < -0.3 is 10.2 Å². The van der Waals surface area contributed by atoms with Gasteiger partial charge in [-0.05, 0) is 67.2 Å². The standard InChI is InChI=1S/C23H28O3/c1-14(2)19-12-20(23(26)13-22(19)25)21(24)9-6-16-5-8-17-7-4-15(3)10-18(17)11-16/h4,7,10,12-14,16,25-26H,5-6,8-9,11H2,1-3H3. The zero-order chi connectivity index (χ0) is 18.8. The molecule has 3 rings (SSSR count). The monoisotopic (exact) mass is 352 g/mol. The third-order valence-corrected chi connectivity index (χ3v) is 5.54. The Kier molecular flexibility index (Phi) is 5.36. The summed E-state index contributed by atoms with van der Waals surface area (Å²) in [6.45, 7) is 6.04. The SMILES string of the molecule is Cc1ccc2c(c1)CC(CCC(=O)c1cc(C(C)C)c(O)cc1O)CC2. The molecule has 0 amide bonds. The van der Waals surface area contributed by atoms with Crippen LogP contribution in [0.2, 0.25) is 0 Å². The Hall–Kier alpha value is -2.29. The van der Waals surface area contributed by atoms with E-state index in [2.05, 4.69) is 25.1 Å². The molecule has 26 heavy (non-hydrogen) atoms. The molecule has 1 atom stereocenters. The molecule has 2 aromatic carbocycles. The van der Waals surface area contributed by atoms with Gasteiger partial charge in [-0.15, -0.1) is 0 Å². The molecular weight excluding hydrogens is 324 g/mol. The number of carbonyl (C=O) groups is 1. The number of ketones is 1. The number of phenolic OH excluding ortho intramolecular Hbond substituents is 2. The van der Waals surface area contributed by atoms with E-state index in [1.807, 2.05) is 13.8 Å². The molecule has 138 valence electrons. The predicted octanol–water partition coefficient (Wildman–Crippen LogP) is 5.30. The molecule has 0 aliphatic heterocycles. The number of aromatic hydroxyl groups is 2. The maximum absolute atomic E-state index is 12.7. The van der Waals surface area contributed by atoms with Crippen LogP contribution >= 0.6 is 0 Å². The van der Waals surface area contributed by atoms with E-state index in [0.29, 0.717) is 23.5 Å². The first-order valence-corrected chi connectivity index (χ1v) is 9.52. The number of aryl methyl sites for hydroxylation is 2. The van der Waals surface area contributed by atoms with Gasteiger partial charge >= 0.3 is 0 Å². The Labute approximate surface area is 155 Å². The maximum Gasteiger partial charge on any atom is 0.166 e. The highest BCUT2D eigenvalue weighted by atomic mass is 16.3. The Bertz CT molecular complexity index is 820. The number of carbonyl (C=O) groups excluding carboxylic acids is 1. The summed E-state index contributed by atoms with van der Waals surface area (Å²) >= 11 is 0. The van der Waals surface area contributed by atoms with Gasteiger partial charge in [0.05, 0.1) is 5.56 Å². The van der Waals surface area contributed by atoms with E-state index in [-0.39, 0.29) is 23.2 Å². The average Bonchev–Trinajstić information content (AvgIpc) is 2.59. The van der Waals surface area contributed by atoms with Crippen LogP contribution in [0.4, 0.5) is 0 Å². The van der Waals surface area contributed by atoms with E-state index >= 15 is 0 Å². The van der Waals surface area contributed by atoms with Crippen molar-refractivity contribution in [3.05, 3.63) is 58.1 Å². The van der Waals surface area contributed by atoms with Crippen LogP contribution in [0.25, 0.3) is 0 Å². The lowest BCUT2D eigenvalue weighted by Crippen LogP contribution is -2.16. The van der Waals surface area contributed by atoms with Crippen LogP contribution in [0.1, 0.15) is 71.6 Å². The largest absolute Gasteiger partial charge is 0.508 e. The number of rotatable bonds is 5. The van der Waals surface area contributed by atoms with Crippen LogP contribution < -0.4 is 0 Å². The van der Waals surface area contributed by atoms with Crippen molar-refractivity contribution >= 4 is 5.78 Å². The molecule has 0 aromatic heterocycles. The molecule has 2 N–H and O–H groups in total. The van der Waals surface area contributed by atoms with Crippen molar-refractivity contribution in [1.29, 1.82) is 0 Å². The third kappa shape index (κ3) is 3.92. The lowest BCUT2D eigenvalue weighted by molar-refractivity contribution is 0.0969. The molecule has 0 bridgehead atoms. The van der Waals surface area contributed by atoms with Gasteiger partial charge in [0.15, 0.2) is 5.78 Å². The molecule has 0 fully saturated rings.